The summed E-state index contributed by atoms with van der Waals surface area (Å²) in [6.07, 6.45) is 0. The number of methoxy groups -OCH3 is 2. The Morgan fingerprint density at radius 1 is 0.925 bits per heavy atom. The van der Waals surface area contributed by atoms with Gasteiger partial charge in [0.15, 0.2) is 11.5 Å². The number of carbonyl (C=O) groups is 2. The van der Waals surface area contributed by atoms with E-state index in [9.17, 15) is 23.6 Å². The topological polar surface area (TPSA) is 121 Å². The lowest BCUT2D eigenvalue weighted by Crippen LogP contribution is -2.42. The number of benzene rings is 3. The Labute approximate surface area is 229 Å². The monoisotopic (exact) mass is 548 g/mol. The summed E-state index contributed by atoms with van der Waals surface area (Å²) in [7, 11) is 2.82. The molecule has 0 fully saturated rings. The standard InChI is InChI=1S/C29H29FN4O6/c1-17(2)31-27(36)19-11-9-18(10-12-19)15-34-28(37)20-13-24(39-3)25(40-4)14-23(20)33(29(34)38)16-26(35)32-22-8-6-5-7-21(22)30/h5-14,17H,15-16H2,1-4H3,(H,31,36)(H,32,35). The number of rotatable bonds is 9. The molecule has 10 nitrogen and oxygen atoms in total. The first kappa shape index (κ1) is 28.1. The third-order valence-electron chi connectivity index (χ3n) is 6.16. The van der Waals surface area contributed by atoms with Crippen LogP contribution in [0.5, 0.6) is 11.5 Å². The molecular weight excluding hydrogens is 519 g/mol. The van der Waals surface area contributed by atoms with Crippen molar-refractivity contribution >= 4 is 28.4 Å². The molecule has 3 aromatic carbocycles. The van der Waals surface area contributed by atoms with Crippen LogP contribution in [0.25, 0.3) is 10.9 Å². The maximum Gasteiger partial charge on any atom is 0.332 e. The molecule has 0 saturated heterocycles. The predicted octanol–water partition coefficient (Wildman–Crippen LogP) is 3.14. The van der Waals surface area contributed by atoms with Crippen molar-refractivity contribution in [3.05, 3.63) is 98.4 Å². The van der Waals surface area contributed by atoms with Gasteiger partial charge in [0.2, 0.25) is 5.91 Å². The van der Waals surface area contributed by atoms with Crippen LogP contribution in [0.4, 0.5) is 10.1 Å². The average Bonchev–Trinajstić information content (AvgIpc) is 2.93. The first-order valence-electron chi connectivity index (χ1n) is 12.5. The van der Waals surface area contributed by atoms with Crippen molar-refractivity contribution < 1.29 is 23.5 Å². The van der Waals surface area contributed by atoms with Gasteiger partial charge in [-0.1, -0.05) is 24.3 Å². The molecule has 0 radical (unpaired) electrons. The number of hydrogen-bond donors (Lipinski definition) is 2. The summed E-state index contributed by atoms with van der Waals surface area (Å²) in [5, 5.41) is 5.38. The second-order valence-electron chi connectivity index (χ2n) is 9.34. The van der Waals surface area contributed by atoms with Crippen molar-refractivity contribution in [2.75, 3.05) is 19.5 Å². The van der Waals surface area contributed by atoms with Gasteiger partial charge in [0.25, 0.3) is 11.5 Å². The number of halogens is 1. The maximum atomic E-state index is 14.1. The number of nitrogens with one attached hydrogen (secondary N) is 2. The van der Waals surface area contributed by atoms with Crippen LogP contribution in [0.3, 0.4) is 0 Å². The molecule has 0 unspecified atom stereocenters. The summed E-state index contributed by atoms with van der Waals surface area (Å²) in [6, 6.07) is 15.0. The lowest BCUT2D eigenvalue weighted by molar-refractivity contribution is -0.116. The summed E-state index contributed by atoms with van der Waals surface area (Å²) < 4.78 is 26.9. The van der Waals surface area contributed by atoms with Gasteiger partial charge in [-0.05, 0) is 49.7 Å². The number of fused-ring (bicyclic) bond motifs is 1. The molecule has 2 amide bonds. The van der Waals surface area contributed by atoms with E-state index in [1.54, 1.807) is 30.3 Å². The van der Waals surface area contributed by atoms with Crippen LogP contribution in [0.1, 0.15) is 29.8 Å². The van der Waals surface area contributed by atoms with Crippen molar-refractivity contribution in [2.24, 2.45) is 0 Å². The molecule has 0 aliphatic heterocycles. The van der Waals surface area contributed by atoms with E-state index in [-0.39, 0.29) is 46.6 Å². The Morgan fingerprint density at radius 2 is 1.57 bits per heavy atom. The number of carbonyl (C=O) groups excluding carboxylic acids is 2. The van der Waals surface area contributed by atoms with E-state index in [0.29, 0.717) is 11.1 Å². The fourth-order valence-electron chi connectivity index (χ4n) is 4.22. The first-order chi connectivity index (χ1) is 19.1. The van der Waals surface area contributed by atoms with Crippen molar-refractivity contribution in [3.8, 4) is 11.5 Å². The molecule has 40 heavy (non-hydrogen) atoms. The zero-order valence-corrected chi connectivity index (χ0v) is 22.5. The van der Waals surface area contributed by atoms with Gasteiger partial charge in [-0.2, -0.15) is 0 Å². The van der Waals surface area contributed by atoms with Crippen LogP contribution < -0.4 is 31.4 Å². The highest BCUT2D eigenvalue weighted by atomic mass is 19.1. The SMILES string of the molecule is COc1cc2c(=O)n(Cc3ccc(C(=O)NC(C)C)cc3)c(=O)n(CC(=O)Nc3ccccc3F)c2cc1OC. The molecular formula is C29H29FN4O6. The molecule has 0 saturated carbocycles. The molecule has 1 aromatic heterocycles. The van der Waals surface area contributed by atoms with Crippen LogP contribution in [0, 0.1) is 5.82 Å². The number of aromatic nitrogens is 2. The fourth-order valence-corrected chi connectivity index (χ4v) is 4.22. The van der Waals surface area contributed by atoms with Gasteiger partial charge in [0.1, 0.15) is 12.4 Å². The average molecular weight is 549 g/mol. The molecule has 208 valence electrons. The lowest BCUT2D eigenvalue weighted by atomic mass is 10.1. The highest BCUT2D eigenvalue weighted by Gasteiger charge is 2.20. The number of para-hydroxylation sites is 1. The normalized spacial score (nSPS) is 10.9. The fraction of sp³-hybridized carbons (Fsp3) is 0.241. The van der Waals surface area contributed by atoms with Gasteiger partial charge < -0.3 is 20.1 Å². The van der Waals surface area contributed by atoms with Crippen molar-refractivity contribution in [1.29, 1.82) is 0 Å². The number of nitrogens with zero attached hydrogens (tertiary/aromatic N) is 2. The van der Waals surface area contributed by atoms with E-state index >= 15 is 0 Å². The quantitative estimate of drug-likeness (QED) is 0.332. The molecule has 4 rings (SSSR count). The predicted molar refractivity (Wildman–Crippen MR) is 149 cm³/mol. The number of anilines is 1. The molecule has 4 aromatic rings. The van der Waals surface area contributed by atoms with Gasteiger partial charge >= 0.3 is 5.69 Å². The Morgan fingerprint density at radius 3 is 2.20 bits per heavy atom. The van der Waals surface area contributed by atoms with E-state index in [0.717, 1.165) is 9.13 Å². The van der Waals surface area contributed by atoms with Crippen molar-refractivity contribution in [1.82, 2.24) is 14.5 Å². The van der Waals surface area contributed by atoms with Gasteiger partial charge in [-0.25, -0.2) is 9.18 Å². The Kier molecular flexibility index (Phi) is 8.32. The number of amides is 2. The molecule has 0 spiro atoms. The first-order valence-corrected chi connectivity index (χ1v) is 12.5. The zero-order chi connectivity index (χ0) is 29.0. The third-order valence-corrected chi connectivity index (χ3v) is 6.16. The second-order valence-corrected chi connectivity index (χ2v) is 9.34. The largest absolute Gasteiger partial charge is 0.493 e. The summed E-state index contributed by atoms with van der Waals surface area (Å²) in [4.78, 5) is 52.4. The van der Waals surface area contributed by atoms with Crippen LogP contribution >= 0.6 is 0 Å². The van der Waals surface area contributed by atoms with Crippen LogP contribution in [0.2, 0.25) is 0 Å². The summed E-state index contributed by atoms with van der Waals surface area (Å²) >= 11 is 0. The van der Waals surface area contributed by atoms with Gasteiger partial charge in [0, 0.05) is 17.7 Å². The number of ether oxygens (including phenoxy) is 2. The maximum absolute atomic E-state index is 14.1. The van der Waals surface area contributed by atoms with Crippen LogP contribution in [-0.4, -0.2) is 41.2 Å². The minimum atomic E-state index is -0.755. The number of hydrogen-bond acceptors (Lipinski definition) is 6. The van der Waals surface area contributed by atoms with Crippen molar-refractivity contribution in [2.45, 2.75) is 33.0 Å². The zero-order valence-electron chi connectivity index (χ0n) is 22.5. The van der Waals surface area contributed by atoms with Gasteiger partial charge in [-0.15, -0.1) is 0 Å². The molecule has 0 atom stereocenters. The van der Waals surface area contributed by atoms with E-state index in [2.05, 4.69) is 10.6 Å². The lowest BCUT2D eigenvalue weighted by Gasteiger charge is -2.17. The van der Waals surface area contributed by atoms with E-state index in [1.165, 1.54) is 44.6 Å². The minimum absolute atomic E-state index is 0.0342. The van der Waals surface area contributed by atoms with Gasteiger partial charge in [-0.3, -0.25) is 23.5 Å². The molecule has 11 heteroatoms. The Balaban J connectivity index is 1.78. The third kappa shape index (κ3) is 5.88. The molecule has 1 heterocycles. The Bertz CT molecular complexity index is 1690. The summed E-state index contributed by atoms with van der Waals surface area (Å²) in [5.41, 5.74) is -0.236. The molecule has 0 aliphatic carbocycles. The van der Waals surface area contributed by atoms with Crippen LogP contribution in [-0.2, 0) is 17.9 Å². The minimum Gasteiger partial charge on any atom is -0.493 e. The highest BCUT2D eigenvalue weighted by Crippen LogP contribution is 2.30. The van der Waals surface area contributed by atoms with Crippen molar-refractivity contribution in [3.63, 3.8) is 0 Å². The molecule has 0 aliphatic rings. The highest BCUT2D eigenvalue weighted by molar-refractivity contribution is 5.94. The summed E-state index contributed by atoms with van der Waals surface area (Å²) in [6.45, 7) is 3.08. The van der Waals surface area contributed by atoms with Gasteiger partial charge in [0.05, 0.1) is 37.4 Å². The second kappa shape index (κ2) is 11.9. The summed E-state index contributed by atoms with van der Waals surface area (Å²) in [5.74, 6) is -1.03. The van der Waals surface area contributed by atoms with E-state index < -0.39 is 29.5 Å². The molecule has 2 N–H and O–H groups in total. The van der Waals surface area contributed by atoms with Crippen LogP contribution in [0.15, 0.2) is 70.3 Å². The Hall–Kier alpha value is -4.93. The van der Waals surface area contributed by atoms with E-state index in [1.807, 2.05) is 13.8 Å². The van der Waals surface area contributed by atoms with E-state index in [4.69, 9.17) is 9.47 Å². The molecule has 0 bridgehead atoms. The smallest absolute Gasteiger partial charge is 0.332 e.